The van der Waals surface area contributed by atoms with E-state index < -0.39 is 5.71 Å². The van der Waals surface area contributed by atoms with E-state index in [4.69, 9.17) is 4.99 Å². The number of nitrogens with one attached hydrogen (secondary N) is 1. The van der Waals surface area contributed by atoms with E-state index in [0.29, 0.717) is 0 Å². The molecule has 0 bridgehead atoms. The van der Waals surface area contributed by atoms with Gasteiger partial charge in [-0.2, -0.15) is 0 Å². The largest absolute Gasteiger partial charge is 0.337 e. The molecular formula is C25H28IN2P. The quantitative estimate of drug-likeness (QED) is 0.168. The van der Waals surface area contributed by atoms with Crippen LogP contribution in [0.25, 0.3) is 0 Å². The van der Waals surface area contributed by atoms with Gasteiger partial charge in [-0.05, 0) is 58.0 Å². The normalized spacial score (nSPS) is 13.2. The summed E-state index contributed by atoms with van der Waals surface area (Å²) in [5.74, 6) is 0.923. The van der Waals surface area contributed by atoms with Crippen molar-refractivity contribution in [1.29, 1.82) is 0 Å². The molecule has 3 aromatic carbocycles. The molecule has 4 heteroatoms. The summed E-state index contributed by atoms with van der Waals surface area (Å²) in [4.78, 5) is 5.10. The van der Waals surface area contributed by atoms with Gasteiger partial charge in [0.2, 0.25) is 0 Å². The van der Waals surface area contributed by atoms with E-state index in [-0.39, 0.29) is 5.41 Å². The summed E-state index contributed by atoms with van der Waals surface area (Å²) in [7, 11) is 0. The van der Waals surface area contributed by atoms with Gasteiger partial charge >= 0.3 is 0 Å². The minimum atomic E-state index is -0.595. The molecule has 3 aromatic rings. The first-order valence-electron chi connectivity index (χ1n) is 9.79. The summed E-state index contributed by atoms with van der Waals surface area (Å²) in [5, 5.41) is 5.01. The van der Waals surface area contributed by atoms with Crippen LogP contribution in [0.4, 0.5) is 5.69 Å². The van der Waals surface area contributed by atoms with E-state index in [0.717, 1.165) is 17.1 Å². The average Bonchev–Trinajstić information content (AvgIpc) is 2.70. The number of aryl methyl sites for hydroxylation is 2. The predicted molar refractivity (Wildman–Crippen MR) is 137 cm³/mol. The highest BCUT2D eigenvalue weighted by molar-refractivity contribution is 14.2. The van der Waals surface area contributed by atoms with Gasteiger partial charge in [0, 0.05) is 10.9 Å². The standard InChI is InChI=1S/C25H28IN2P/c1-18-10-9-11-19(2)23(18)27-24(28-29(26)22-12-7-6-8-13-22)20-14-16-21(17-15-20)25(3,4)5/h6-17H,1-5H3,(H,27,28). The van der Waals surface area contributed by atoms with E-state index in [1.54, 1.807) is 0 Å². The molecule has 0 aliphatic rings. The van der Waals surface area contributed by atoms with E-state index in [2.05, 4.69) is 135 Å². The van der Waals surface area contributed by atoms with Crippen LogP contribution in [0.15, 0.2) is 77.8 Å². The second kappa shape index (κ2) is 9.40. The van der Waals surface area contributed by atoms with E-state index in [1.165, 1.54) is 22.0 Å². The van der Waals surface area contributed by atoms with Gasteiger partial charge in [0.15, 0.2) is 0 Å². The molecule has 0 heterocycles. The first-order chi connectivity index (χ1) is 13.8. The zero-order valence-corrected chi connectivity index (χ0v) is 20.8. The average molecular weight is 514 g/mol. The van der Waals surface area contributed by atoms with E-state index >= 15 is 0 Å². The molecule has 1 atom stereocenters. The zero-order chi connectivity index (χ0) is 21.0. The van der Waals surface area contributed by atoms with Crippen molar-refractivity contribution in [3.8, 4) is 0 Å². The molecule has 29 heavy (non-hydrogen) atoms. The fourth-order valence-electron chi connectivity index (χ4n) is 3.09. The van der Waals surface area contributed by atoms with Gasteiger partial charge < -0.3 is 5.09 Å². The number of para-hydroxylation sites is 1. The Morgan fingerprint density at radius 3 is 1.97 bits per heavy atom. The Morgan fingerprint density at radius 2 is 1.41 bits per heavy atom. The summed E-state index contributed by atoms with van der Waals surface area (Å²) in [6.07, 6.45) is 0. The lowest BCUT2D eigenvalue weighted by Crippen LogP contribution is -2.22. The Labute approximate surface area is 189 Å². The van der Waals surface area contributed by atoms with E-state index in [9.17, 15) is 0 Å². The van der Waals surface area contributed by atoms with Crippen molar-refractivity contribution in [2.45, 2.75) is 40.0 Å². The molecule has 1 N–H and O–H groups in total. The molecule has 0 aromatic heterocycles. The summed E-state index contributed by atoms with van der Waals surface area (Å²) < 4.78 is 0. The van der Waals surface area contributed by atoms with Crippen LogP contribution in [-0.2, 0) is 5.41 Å². The van der Waals surface area contributed by atoms with Crippen molar-refractivity contribution in [2.24, 2.45) is 4.99 Å². The molecule has 0 saturated heterocycles. The van der Waals surface area contributed by atoms with Crippen LogP contribution >= 0.6 is 27.8 Å². The third kappa shape index (κ3) is 5.67. The molecule has 0 radical (unpaired) electrons. The Kier molecular flexibility index (Phi) is 7.13. The highest BCUT2D eigenvalue weighted by Gasteiger charge is 2.16. The van der Waals surface area contributed by atoms with Gasteiger partial charge in [-0.3, -0.25) is 0 Å². The van der Waals surface area contributed by atoms with Gasteiger partial charge in [0.25, 0.3) is 0 Å². The van der Waals surface area contributed by atoms with Gasteiger partial charge in [0.1, 0.15) is 5.84 Å². The maximum absolute atomic E-state index is 5.10. The van der Waals surface area contributed by atoms with Crippen molar-refractivity contribution in [2.75, 3.05) is 0 Å². The van der Waals surface area contributed by atoms with Crippen LogP contribution in [0, 0.1) is 13.8 Å². The topological polar surface area (TPSA) is 24.4 Å². The molecule has 0 spiro atoms. The number of amidine groups is 1. The monoisotopic (exact) mass is 514 g/mol. The highest BCUT2D eigenvalue weighted by atomic mass is 127. The van der Waals surface area contributed by atoms with Crippen LogP contribution in [0.3, 0.4) is 0 Å². The number of hydrogen-bond donors (Lipinski definition) is 1. The van der Waals surface area contributed by atoms with Gasteiger partial charge in [-0.25, -0.2) is 4.99 Å². The van der Waals surface area contributed by atoms with Gasteiger partial charge in [0.05, 0.1) is 11.4 Å². The lowest BCUT2D eigenvalue weighted by Gasteiger charge is -2.21. The van der Waals surface area contributed by atoms with Gasteiger partial charge in [-0.1, -0.05) is 93.6 Å². The van der Waals surface area contributed by atoms with Crippen molar-refractivity contribution in [1.82, 2.24) is 5.09 Å². The summed E-state index contributed by atoms with van der Waals surface area (Å²) in [6, 6.07) is 25.7. The molecule has 3 rings (SSSR count). The molecule has 0 aliphatic carbocycles. The number of aliphatic imine (C=N–C) groups is 1. The van der Waals surface area contributed by atoms with Crippen LogP contribution < -0.4 is 10.4 Å². The molecule has 0 fully saturated rings. The number of benzene rings is 3. The Morgan fingerprint density at radius 1 is 0.828 bits per heavy atom. The molecule has 0 amide bonds. The fraction of sp³-hybridized carbons (Fsp3) is 0.240. The third-order valence-corrected chi connectivity index (χ3v) is 8.43. The maximum atomic E-state index is 5.10. The Balaban J connectivity index is 2.03. The number of rotatable bonds is 4. The lowest BCUT2D eigenvalue weighted by atomic mass is 9.86. The third-order valence-electron chi connectivity index (χ3n) is 4.87. The smallest absolute Gasteiger partial charge is 0.137 e. The van der Waals surface area contributed by atoms with Crippen LogP contribution in [0.5, 0.6) is 0 Å². The first kappa shape index (κ1) is 22.0. The molecular weight excluding hydrogens is 486 g/mol. The second-order valence-electron chi connectivity index (χ2n) is 8.26. The molecule has 1 unspecified atom stereocenters. The number of nitrogens with zero attached hydrogens (tertiary/aromatic N) is 1. The van der Waals surface area contributed by atoms with E-state index in [1.807, 2.05) is 0 Å². The second-order valence-corrected chi connectivity index (χ2v) is 12.5. The molecule has 0 aliphatic heterocycles. The van der Waals surface area contributed by atoms with Crippen LogP contribution in [0.2, 0.25) is 0 Å². The molecule has 0 saturated carbocycles. The van der Waals surface area contributed by atoms with Crippen molar-refractivity contribution in [3.05, 3.63) is 95.1 Å². The van der Waals surface area contributed by atoms with Crippen LogP contribution in [0.1, 0.15) is 43.0 Å². The minimum absolute atomic E-state index is 0.135. The Hall–Kier alpha value is -1.71. The summed E-state index contributed by atoms with van der Waals surface area (Å²) in [5.41, 5.74) is 5.40. The predicted octanol–water partition coefficient (Wildman–Crippen LogP) is 7.34. The molecule has 150 valence electrons. The Bertz CT molecular complexity index is 969. The van der Waals surface area contributed by atoms with Crippen molar-refractivity contribution >= 4 is 44.6 Å². The van der Waals surface area contributed by atoms with Gasteiger partial charge in [-0.15, -0.1) is 0 Å². The number of halogens is 1. The minimum Gasteiger partial charge on any atom is -0.337 e. The highest BCUT2D eigenvalue weighted by Crippen LogP contribution is 2.40. The number of hydrogen-bond acceptors (Lipinski definition) is 1. The molecule has 2 nitrogen and oxygen atoms in total. The van der Waals surface area contributed by atoms with Crippen molar-refractivity contribution in [3.63, 3.8) is 0 Å². The summed E-state index contributed by atoms with van der Waals surface area (Å²) >= 11 is 2.50. The SMILES string of the molecule is Cc1cccc(C)c1/N=C(/NP(I)c1ccccc1)c1ccc(C(C)(C)C)cc1. The summed E-state index contributed by atoms with van der Waals surface area (Å²) in [6.45, 7) is 11.0. The van der Waals surface area contributed by atoms with Crippen molar-refractivity contribution < 1.29 is 0 Å². The first-order valence-corrected chi connectivity index (χ1v) is 13.9. The lowest BCUT2D eigenvalue weighted by molar-refractivity contribution is 0.590. The van der Waals surface area contributed by atoms with Crippen LogP contribution in [-0.4, -0.2) is 5.84 Å². The maximum Gasteiger partial charge on any atom is 0.137 e. The zero-order valence-electron chi connectivity index (χ0n) is 17.7. The fourth-order valence-corrected chi connectivity index (χ4v) is 5.67.